The monoisotopic (exact) mass is 497 g/mol. The van der Waals surface area contributed by atoms with E-state index in [1.54, 1.807) is 6.07 Å². The number of halogens is 3. The Labute approximate surface area is 206 Å². The average molecular weight is 498 g/mol. The molecule has 1 saturated heterocycles. The zero-order chi connectivity index (χ0) is 24.3. The predicted molar refractivity (Wildman–Crippen MR) is 131 cm³/mol. The van der Waals surface area contributed by atoms with Crippen molar-refractivity contribution in [1.29, 1.82) is 5.26 Å². The van der Waals surface area contributed by atoms with E-state index in [0.29, 0.717) is 10.9 Å². The van der Waals surface area contributed by atoms with Crippen LogP contribution in [-0.4, -0.2) is 35.3 Å². The Morgan fingerprint density at radius 1 is 1.14 bits per heavy atom. The molecule has 1 aliphatic heterocycles. The largest absolute Gasteiger partial charge is 0.393 e. The van der Waals surface area contributed by atoms with Crippen molar-refractivity contribution in [2.75, 3.05) is 23.3 Å². The molecular formula is C26H26F3N5S. The van der Waals surface area contributed by atoms with E-state index in [9.17, 15) is 18.4 Å². The summed E-state index contributed by atoms with van der Waals surface area (Å²) in [6.07, 6.45) is 2.54. The molecule has 3 fully saturated rings. The summed E-state index contributed by atoms with van der Waals surface area (Å²) in [5.41, 5.74) is 2.14. The topological polar surface area (TPSA) is 64.8 Å². The Balaban J connectivity index is 1.13. The van der Waals surface area contributed by atoms with E-state index in [2.05, 4.69) is 50.5 Å². The summed E-state index contributed by atoms with van der Waals surface area (Å²) < 4.78 is 38.7. The highest BCUT2D eigenvalue weighted by molar-refractivity contribution is 7.18. The number of hydrogen-bond donors (Lipinski definition) is 1. The molecule has 0 amide bonds. The highest BCUT2D eigenvalue weighted by atomic mass is 32.1. The molecule has 1 aromatic carbocycles. The second-order valence-electron chi connectivity index (χ2n) is 10.4. The summed E-state index contributed by atoms with van der Waals surface area (Å²) >= 11 is 1.10. The number of nitrogens with zero attached hydrogens (tertiary/aromatic N) is 4. The van der Waals surface area contributed by atoms with Gasteiger partial charge in [-0.1, -0.05) is 12.1 Å². The van der Waals surface area contributed by atoms with Gasteiger partial charge in [0.15, 0.2) is 0 Å². The van der Waals surface area contributed by atoms with Gasteiger partial charge in [-0.3, -0.25) is 0 Å². The van der Waals surface area contributed by atoms with Gasteiger partial charge in [0.2, 0.25) is 0 Å². The minimum Gasteiger partial charge on any atom is -0.382 e. The number of thiophene rings is 1. The number of rotatable bonds is 5. The molecule has 5 nitrogen and oxygen atoms in total. The quantitative estimate of drug-likeness (QED) is 0.454. The van der Waals surface area contributed by atoms with Crippen LogP contribution in [0.2, 0.25) is 0 Å². The molecule has 1 spiro atoms. The first-order valence-corrected chi connectivity index (χ1v) is 12.9. The fourth-order valence-corrected chi connectivity index (χ4v) is 6.98. The lowest BCUT2D eigenvalue weighted by molar-refractivity contribution is -0.126. The fraction of sp³-hybridized carbons (Fsp3) is 0.500. The third kappa shape index (κ3) is 4.33. The van der Waals surface area contributed by atoms with Crippen molar-refractivity contribution in [2.24, 2.45) is 5.41 Å². The minimum absolute atomic E-state index is 0.193. The van der Waals surface area contributed by atoms with Crippen LogP contribution in [0.4, 0.5) is 24.7 Å². The lowest BCUT2D eigenvalue weighted by atomic mass is 9.85. The third-order valence-corrected chi connectivity index (χ3v) is 8.99. The normalized spacial score (nSPS) is 25.3. The van der Waals surface area contributed by atoms with Crippen molar-refractivity contribution in [3.8, 4) is 6.07 Å². The van der Waals surface area contributed by atoms with Crippen LogP contribution in [0.5, 0.6) is 0 Å². The SMILES string of the molecule is N#CC1(c2ccc(NC3CCC4(CCN(c5ncnc6sc(CC(F)(F)F)cc56)C4)C3)cc2)CC1. The molecule has 0 bridgehead atoms. The maximum atomic E-state index is 12.9. The summed E-state index contributed by atoms with van der Waals surface area (Å²) in [7, 11) is 0. The number of fused-ring (bicyclic) bond motifs is 1. The summed E-state index contributed by atoms with van der Waals surface area (Å²) in [4.78, 5) is 11.8. The van der Waals surface area contributed by atoms with Crippen LogP contribution in [-0.2, 0) is 11.8 Å². The fourth-order valence-electron chi connectivity index (χ4n) is 5.96. The lowest BCUT2D eigenvalue weighted by Crippen LogP contribution is -2.27. The van der Waals surface area contributed by atoms with Crippen LogP contribution in [0.25, 0.3) is 10.2 Å². The molecule has 3 aliphatic rings. The van der Waals surface area contributed by atoms with Gasteiger partial charge in [-0.15, -0.1) is 11.3 Å². The number of nitrogens with one attached hydrogen (secondary N) is 1. The summed E-state index contributed by atoms with van der Waals surface area (Å²) in [5, 5.41) is 13.8. The van der Waals surface area contributed by atoms with Crippen molar-refractivity contribution in [2.45, 2.75) is 62.6 Å². The smallest absolute Gasteiger partial charge is 0.382 e. The van der Waals surface area contributed by atoms with Crippen molar-refractivity contribution in [1.82, 2.24) is 9.97 Å². The number of benzene rings is 1. The number of aromatic nitrogens is 2. The van der Waals surface area contributed by atoms with Crippen LogP contribution in [0.15, 0.2) is 36.7 Å². The second kappa shape index (κ2) is 8.09. The van der Waals surface area contributed by atoms with Gasteiger partial charge in [-0.2, -0.15) is 18.4 Å². The summed E-state index contributed by atoms with van der Waals surface area (Å²) in [6.45, 7) is 1.72. The van der Waals surface area contributed by atoms with E-state index in [-0.39, 0.29) is 15.7 Å². The highest BCUT2D eigenvalue weighted by Crippen LogP contribution is 2.49. The van der Waals surface area contributed by atoms with Crippen LogP contribution < -0.4 is 10.2 Å². The predicted octanol–water partition coefficient (Wildman–Crippen LogP) is 6.21. The summed E-state index contributed by atoms with van der Waals surface area (Å²) in [5.74, 6) is 0.759. The average Bonchev–Trinajstić information content (AvgIpc) is 3.13. The van der Waals surface area contributed by atoms with Crippen LogP contribution in [0, 0.1) is 16.7 Å². The van der Waals surface area contributed by atoms with E-state index in [1.807, 2.05) is 0 Å². The Hall–Kier alpha value is -2.86. The van der Waals surface area contributed by atoms with Crippen LogP contribution in [0.1, 0.15) is 49.0 Å². The van der Waals surface area contributed by atoms with Crippen molar-refractivity contribution in [3.05, 3.63) is 47.1 Å². The van der Waals surface area contributed by atoms with Gasteiger partial charge in [0.05, 0.1) is 23.3 Å². The van der Waals surface area contributed by atoms with Gasteiger partial charge < -0.3 is 10.2 Å². The molecular weight excluding hydrogens is 471 g/mol. The molecule has 6 rings (SSSR count). The molecule has 3 heterocycles. The van der Waals surface area contributed by atoms with Crippen LogP contribution >= 0.6 is 11.3 Å². The Bertz CT molecular complexity index is 1290. The summed E-state index contributed by atoms with van der Waals surface area (Å²) in [6, 6.07) is 12.8. The van der Waals surface area contributed by atoms with E-state index in [0.717, 1.165) is 85.4 Å². The number of hydrogen-bond acceptors (Lipinski definition) is 6. The number of anilines is 2. The van der Waals surface area contributed by atoms with E-state index >= 15 is 0 Å². The second-order valence-corrected chi connectivity index (χ2v) is 11.6. The van der Waals surface area contributed by atoms with Crippen molar-refractivity contribution in [3.63, 3.8) is 0 Å². The molecule has 35 heavy (non-hydrogen) atoms. The Morgan fingerprint density at radius 2 is 1.94 bits per heavy atom. The van der Waals surface area contributed by atoms with Crippen molar-refractivity contribution >= 4 is 33.1 Å². The standard InChI is InChI=1S/C26H26F3N5S/c27-26(28,29)13-20-11-21-22(31-16-32-23(21)35-20)34-10-9-24(15-34)6-5-19(12-24)33-18-3-1-17(2-4-18)25(14-30)7-8-25/h1-4,11,16,19,33H,5-10,12-13,15H2. The van der Waals surface area contributed by atoms with Gasteiger partial charge in [0, 0.05) is 29.7 Å². The molecule has 2 aromatic heterocycles. The zero-order valence-corrected chi connectivity index (χ0v) is 20.1. The van der Waals surface area contributed by atoms with Gasteiger partial charge in [-0.25, -0.2) is 9.97 Å². The molecule has 2 unspecified atom stereocenters. The van der Waals surface area contributed by atoms with Gasteiger partial charge >= 0.3 is 6.18 Å². The van der Waals surface area contributed by atoms with Gasteiger partial charge in [0.25, 0.3) is 0 Å². The van der Waals surface area contributed by atoms with Gasteiger partial charge in [0.1, 0.15) is 17.0 Å². The third-order valence-electron chi connectivity index (χ3n) is 7.95. The van der Waals surface area contributed by atoms with E-state index in [4.69, 9.17) is 0 Å². The molecule has 1 N–H and O–H groups in total. The van der Waals surface area contributed by atoms with Gasteiger partial charge in [-0.05, 0) is 67.7 Å². The molecule has 0 radical (unpaired) electrons. The number of nitriles is 1. The Kier molecular flexibility index (Phi) is 5.22. The first-order chi connectivity index (χ1) is 16.8. The molecule has 182 valence electrons. The molecule has 2 aliphatic carbocycles. The lowest BCUT2D eigenvalue weighted by Gasteiger charge is -2.25. The van der Waals surface area contributed by atoms with E-state index in [1.165, 1.54) is 6.33 Å². The molecule has 2 saturated carbocycles. The maximum Gasteiger partial charge on any atom is 0.393 e. The van der Waals surface area contributed by atoms with Crippen LogP contribution in [0.3, 0.4) is 0 Å². The van der Waals surface area contributed by atoms with E-state index < -0.39 is 12.6 Å². The first-order valence-electron chi connectivity index (χ1n) is 12.1. The maximum absolute atomic E-state index is 12.9. The number of alkyl halides is 3. The molecule has 3 aromatic rings. The molecule has 2 atom stereocenters. The Morgan fingerprint density at radius 3 is 2.66 bits per heavy atom. The highest BCUT2D eigenvalue weighted by Gasteiger charge is 2.46. The molecule has 9 heteroatoms. The minimum atomic E-state index is -4.23. The first kappa shape index (κ1) is 22.6. The van der Waals surface area contributed by atoms with Crippen molar-refractivity contribution < 1.29 is 13.2 Å². The zero-order valence-electron chi connectivity index (χ0n) is 19.2.